The summed E-state index contributed by atoms with van der Waals surface area (Å²) in [5.41, 5.74) is 1.50. The standard InChI is InChI=1S/C13H10BrN5O2/c1-19-12-9(5-17-19)11(15-6-16-12)18-7-2-3-10(14)8(4-7)13(20)21/h2-6H,1H3,(H,20,21)(H,15,16,18). The molecule has 2 heterocycles. The summed E-state index contributed by atoms with van der Waals surface area (Å²) >= 11 is 3.21. The second-order valence-corrected chi connectivity index (χ2v) is 5.21. The van der Waals surface area contributed by atoms with Crippen LogP contribution in [0.25, 0.3) is 11.0 Å². The maximum Gasteiger partial charge on any atom is 0.336 e. The maximum atomic E-state index is 11.1. The molecule has 0 radical (unpaired) electrons. The number of anilines is 2. The number of nitrogens with one attached hydrogen (secondary N) is 1. The van der Waals surface area contributed by atoms with Gasteiger partial charge in [-0.05, 0) is 34.1 Å². The minimum absolute atomic E-state index is 0.177. The second kappa shape index (κ2) is 5.13. The SMILES string of the molecule is Cn1ncc2c(Nc3ccc(Br)c(C(=O)O)c3)ncnc21. The van der Waals surface area contributed by atoms with Crippen LogP contribution in [0.4, 0.5) is 11.5 Å². The molecule has 0 fully saturated rings. The van der Waals surface area contributed by atoms with Crippen LogP contribution in [0.5, 0.6) is 0 Å². The largest absolute Gasteiger partial charge is 0.478 e. The van der Waals surface area contributed by atoms with Gasteiger partial charge in [-0.1, -0.05) is 0 Å². The number of carboxylic acid groups (broad SMARTS) is 1. The first-order valence-electron chi connectivity index (χ1n) is 5.99. The molecule has 1 aromatic carbocycles. The Kier molecular flexibility index (Phi) is 3.30. The van der Waals surface area contributed by atoms with Crippen molar-refractivity contribution in [2.45, 2.75) is 0 Å². The first-order valence-corrected chi connectivity index (χ1v) is 6.78. The Labute approximate surface area is 127 Å². The molecular weight excluding hydrogens is 338 g/mol. The monoisotopic (exact) mass is 347 g/mol. The van der Waals surface area contributed by atoms with Gasteiger partial charge in [-0.25, -0.2) is 14.8 Å². The quantitative estimate of drug-likeness (QED) is 0.756. The molecule has 0 saturated carbocycles. The van der Waals surface area contributed by atoms with Gasteiger partial charge >= 0.3 is 5.97 Å². The van der Waals surface area contributed by atoms with Crippen LogP contribution >= 0.6 is 15.9 Å². The van der Waals surface area contributed by atoms with Gasteiger partial charge in [0.25, 0.3) is 0 Å². The number of nitrogens with zero attached hydrogens (tertiary/aromatic N) is 4. The fraction of sp³-hybridized carbons (Fsp3) is 0.0769. The Morgan fingerprint density at radius 1 is 1.38 bits per heavy atom. The molecule has 0 atom stereocenters. The van der Waals surface area contributed by atoms with Crippen molar-refractivity contribution in [1.29, 1.82) is 0 Å². The number of hydrogen-bond acceptors (Lipinski definition) is 5. The van der Waals surface area contributed by atoms with E-state index in [-0.39, 0.29) is 5.56 Å². The van der Waals surface area contributed by atoms with Crippen LogP contribution in [0.2, 0.25) is 0 Å². The zero-order chi connectivity index (χ0) is 15.0. The maximum absolute atomic E-state index is 11.1. The van der Waals surface area contributed by atoms with Gasteiger partial charge in [0.15, 0.2) is 5.65 Å². The average Bonchev–Trinajstić information content (AvgIpc) is 2.84. The second-order valence-electron chi connectivity index (χ2n) is 4.35. The fourth-order valence-corrected chi connectivity index (χ4v) is 2.38. The van der Waals surface area contributed by atoms with Crippen molar-refractivity contribution in [1.82, 2.24) is 19.7 Å². The molecule has 106 valence electrons. The molecule has 3 rings (SSSR count). The van der Waals surface area contributed by atoms with Gasteiger partial charge in [-0.15, -0.1) is 0 Å². The lowest BCUT2D eigenvalue weighted by atomic mass is 10.2. The van der Waals surface area contributed by atoms with Crippen molar-refractivity contribution in [2.75, 3.05) is 5.32 Å². The summed E-state index contributed by atoms with van der Waals surface area (Å²) in [6.45, 7) is 0. The van der Waals surface area contributed by atoms with Gasteiger partial charge in [-0.3, -0.25) is 4.68 Å². The average molecular weight is 348 g/mol. The molecule has 0 spiro atoms. The number of aromatic nitrogens is 4. The molecule has 0 bridgehead atoms. The molecule has 8 heteroatoms. The van der Waals surface area contributed by atoms with Crippen LogP contribution in [0.1, 0.15) is 10.4 Å². The summed E-state index contributed by atoms with van der Waals surface area (Å²) in [7, 11) is 1.79. The molecule has 3 aromatic rings. The van der Waals surface area contributed by atoms with E-state index in [4.69, 9.17) is 5.11 Å². The molecule has 21 heavy (non-hydrogen) atoms. The van der Waals surface area contributed by atoms with Crippen LogP contribution in [-0.4, -0.2) is 30.8 Å². The van der Waals surface area contributed by atoms with E-state index in [2.05, 4.69) is 36.3 Å². The molecule has 0 amide bonds. The van der Waals surface area contributed by atoms with E-state index in [9.17, 15) is 4.79 Å². The zero-order valence-corrected chi connectivity index (χ0v) is 12.5. The van der Waals surface area contributed by atoms with Gasteiger partial charge in [0.05, 0.1) is 17.1 Å². The zero-order valence-electron chi connectivity index (χ0n) is 10.9. The lowest BCUT2D eigenvalue weighted by molar-refractivity contribution is 0.0696. The van der Waals surface area contributed by atoms with Crippen LogP contribution in [0.15, 0.2) is 35.2 Å². The molecule has 0 unspecified atom stereocenters. The third-order valence-corrected chi connectivity index (χ3v) is 3.68. The number of carboxylic acids is 1. The highest BCUT2D eigenvalue weighted by atomic mass is 79.9. The normalized spacial score (nSPS) is 10.8. The summed E-state index contributed by atoms with van der Waals surface area (Å²) in [6, 6.07) is 4.98. The number of halogens is 1. The van der Waals surface area contributed by atoms with Gasteiger partial charge < -0.3 is 10.4 Å². The number of rotatable bonds is 3. The summed E-state index contributed by atoms with van der Waals surface area (Å²) in [5.74, 6) is -0.425. The van der Waals surface area contributed by atoms with Crippen LogP contribution in [-0.2, 0) is 7.05 Å². The molecular formula is C13H10BrN5O2. The number of carbonyl (C=O) groups is 1. The Morgan fingerprint density at radius 3 is 2.95 bits per heavy atom. The summed E-state index contributed by atoms with van der Waals surface area (Å²) in [6.07, 6.45) is 3.10. The van der Waals surface area contributed by atoms with Gasteiger partial charge in [-0.2, -0.15) is 5.10 Å². The molecule has 0 saturated heterocycles. The van der Waals surface area contributed by atoms with Crippen molar-refractivity contribution < 1.29 is 9.90 Å². The Balaban J connectivity index is 2.03. The van der Waals surface area contributed by atoms with Crippen LogP contribution < -0.4 is 5.32 Å². The van der Waals surface area contributed by atoms with E-state index >= 15 is 0 Å². The van der Waals surface area contributed by atoms with Crippen LogP contribution in [0, 0.1) is 0 Å². The topological polar surface area (TPSA) is 92.9 Å². The summed E-state index contributed by atoms with van der Waals surface area (Å²) in [5, 5.41) is 17.1. The van der Waals surface area contributed by atoms with E-state index in [1.54, 1.807) is 30.1 Å². The van der Waals surface area contributed by atoms with Crippen molar-refractivity contribution in [2.24, 2.45) is 7.05 Å². The molecule has 0 aliphatic carbocycles. The number of fused-ring (bicyclic) bond motifs is 1. The lowest BCUT2D eigenvalue weighted by Gasteiger charge is -2.08. The fourth-order valence-electron chi connectivity index (χ4n) is 1.97. The van der Waals surface area contributed by atoms with Crippen molar-refractivity contribution >= 4 is 44.4 Å². The minimum Gasteiger partial charge on any atom is -0.478 e. The smallest absolute Gasteiger partial charge is 0.336 e. The van der Waals surface area contributed by atoms with E-state index in [1.165, 1.54) is 12.4 Å². The highest BCUT2D eigenvalue weighted by Crippen LogP contribution is 2.26. The molecule has 0 aliphatic heterocycles. The number of aryl methyl sites for hydroxylation is 1. The van der Waals surface area contributed by atoms with E-state index in [1.807, 2.05) is 0 Å². The summed E-state index contributed by atoms with van der Waals surface area (Å²) < 4.78 is 2.17. The predicted octanol–water partition coefficient (Wildman–Crippen LogP) is 2.57. The van der Waals surface area contributed by atoms with E-state index < -0.39 is 5.97 Å². The molecule has 7 nitrogen and oxygen atoms in total. The molecule has 2 aromatic heterocycles. The Bertz CT molecular complexity index is 846. The third kappa shape index (κ3) is 2.45. The third-order valence-electron chi connectivity index (χ3n) is 2.99. The van der Waals surface area contributed by atoms with Gasteiger partial charge in [0.2, 0.25) is 0 Å². The van der Waals surface area contributed by atoms with Crippen molar-refractivity contribution in [3.63, 3.8) is 0 Å². The summed E-state index contributed by atoms with van der Waals surface area (Å²) in [4.78, 5) is 19.5. The predicted molar refractivity (Wildman–Crippen MR) is 80.7 cm³/mol. The van der Waals surface area contributed by atoms with Crippen molar-refractivity contribution in [3.05, 3.63) is 40.8 Å². The Morgan fingerprint density at radius 2 is 2.19 bits per heavy atom. The number of aromatic carboxylic acids is 1. The molecule has 0 aliphatic rings. The molecule has 2 N–H and O–H groups in total. The number of benzene rings is 1. The van der Waals surface area contributed by atoms with E-state index in [0.29, 0.717) is 21.6 Å². The minimum atomic E-state index is -1.00. The van der Waals surface area contributed by atoms with Gasteiger partial charge in [0.1, 0.15) is 12.1 Å². The Hall–Kier alpha value is -2.48. The van der Waals surface area contributed by atoms with E-state index in [0.717, 1.165) is 5.39 Å². The van der Waals surface area contributed by atoms with Crippen molar-refractivity contribution in [3.8, 4) is 0 Å². The lowest BCUT2D eigenvalue weighted by Crippen LogP contribution is -2.01. The van der Waals surface area contributed by atoms with Gasteiger partial charge in [0, 0.05) is 17.2 Å². The number of hydrogen-bond donors (Lipinski definition) is 2. The van der Waals surface area contributed by atoms with Crippen LogP contribution in [0.3, 0.4) is 0 Å². The highest BCUT2D eigenvalue weighted by molar-refractivity contribution is 9.10. The highest BCUT2D eigenvalue weighted by Gasteiger charge is 2.11. The first kappa shape index (κ1) is 13.5. The first-order chi connectivity index (χ1) is 10.1.